The van der Waals surface area contributed by atoms with Gasteiger partial charge in [-0.15, -0.1) is 0 Å². The van der Waals surface area contributed by atoms with E-state index in [0.717, 1.165) is 36.0 Å². The number of esters is 1. The summed E-state index contributed by atoms with van der Waals surface area (Å²) in [6.45, 7) is 16.6. The van der Waals surface area contributed by atoms with Crippen molar-refractivity contribution >= 4 is 11.8 Å². The second-order valence-corrected chi connectivity index (χ2v) is 13.9. The Kier molecular flexibility index (Phi) is 6.73. The predicted octanol–water partition coefficient (Wildman–Crippen LogP) is 6.95. The Hall–Kier alpha value is -2.40. The summed E-state index contributed by atoms with van der Waals surface area (Å²) in [6, 6.07) is 0. The Morgan fingerprint density at radius 2 is 1.67 bits per heavy atom. The summed E-state index contributed by atoms with van der Waals surface area (Å²) >= 11 is 0. The summed E-state index contributed by atoms with van der Waals surface area (Å²) in [7, 11) is 0. The van der Waals surface area contributed by atoms with E-state index in [0.29, 0.717) is 12.8 Å². The van der Waals surface area contributed by atoms with Crippen molar-refractivity contribution in [1.82, 2.24) is 0 Å². The number of rotatable bonds is 0. The first-order chi connectivity index (χ1) is 18.2. The Bertz CT molecular complexity index is 1260. The zero-order valence-electron chi connectivity index (χ0n) is 24.9. The molecule has 5 heteroatoms. The minimum atomic E-state index is -1.40. The van der Waals surface area contributed by atoms with Crippen LogP contribution in [0.4, 0.5) is 0 Å². The zero-order valence-corrected chi connectivity index (χ0v) is 24.9. The number of hydrogen-bond donors (Lipinski definition) is 2. The van der Waals surface area contributed by atoms with E-state index in [2.05, 4.69) is 65.8 Å². The lowest BCUT2D eigenvalue weighted by Gasteiger charge is -2.55. The van der Waals surface area contributed by atoms with Gasteiger partial charge < -0.3 is 14.9 Å². The molecule has 0 aromatic carbocycles. The van der Waals surface area contributed by atoms with Gasteiger partial charge in [0.15, 0.2) is 5.60 Å². The molecule has 0 radical (unpaired) electrons. The molecule has 2 N–H and O–H groups in total. The summed E-state index contributed by atoms with van der Waals surface area (Å²) in [4.78, 5) is 28.4. The SMILES string of the molecule is CC1=C[C@]2(C)/C=C(\C)CC/C=C(\C)[C@@H]3C(C)=C[C@H]4[C@@H]([C@@H](C)CC[C@@H]4O)[C@]3(C)/C(O)=C3/C(=O)O[C@]2(C[C@H]1C)C3=O. The van der Waals surface area contributed by atoms with E-state index in [1.807, 2.05) is 13.8 Å². The normalized spacial score (nSPS) is 49.3. The Labute approximate surface area is 233 Å². The van der Waals surface area contributed by atoms with Crippen LogP contribution in [0.25, 0.3) is 0 Å². The van der Waals surface area contributed by atoms with Crippen molar-refractivity contribution in [3.63, 3.8) is 0 Å². The lowest BCUT2D eigenvalue weighted by molar-refractivity contribution is -0.162. The molecule has 9 atom stereocenters. The van der Waals surface area contributed by atoms with Crippen molar-refractivity contribution in [2.75, 3.05) is 0 Å². The van der Waals surface area contributed by atoms with Crippen LogP contribution >= 0.6 is 0 Å². The summed E-state index contributed by atoms with van der Waals surface area (Å²) in [5.41, 5.74) is 1.15. The van der Waals surface area contributed by atoms with Gasteiger partial charge in [0.1, 0.15) is 11.3 Å². The van der Waals surface area contributed by atoms with Gasteiger partial charge in [-0.2, -0.15) is 0 Å². The third-order valence-electron chi connectivity index (χ3n) is 11.2. The van der Waals surface area contributed by atoms with Gasteiger partial charge in [0.2, 0.25) is 5.78 Å². The predicted molar refractivity (Wildman–Crippen MR) is 153 cm³/mol. The van der Waals surface area contributed by atoms with Crippen molar-refractivity contribution in [3.8, 4) is 0 Å². The van der Waals surface area contributed by atoms with Crippen molar-refractivity contribution < 1.29 is 24.5 Å². The van der Waals surface area contributed by atoms with Gasteiger partial charge in [0.25, 0.3) is 0 Å². The maximum Gasteiger partial charge on any atom is 0.346 e. The van der Waals surface area contributed by atoms with Gasteiger partial charge in [-0.25, -0.2) is 4.79 Å². The highest BCUT2D eigenvalue weighted by Gasteiger charge is 2.66. The van der Waals surface area contributed by atoms with Crippen LogP contribution in [0.2, 0.25) is 0 Å². The number of fused-ring (bicyclic) bond motifs is 4. The quantitative estimate of drug-likeness (QED) is 0.200. The number of allylic oxidation sites excluding steroid dienone is 6. The number of ketones is 1. The lowest BCUT2D eigenvalue weighted by Crippen LogP contribution is -2.54. The number of aliphatic hydroxyl groups is 2. The van der Waals surface area contributed by atoms with Gasteiger partial charge in [-0.3, -0.25) is 4.79 Å². The number of hydrogen-bond acceptors (Lipinski definition) is 5. The maximum atomic E-state index is 14.6. The standard InChI is InChI=1S/C34H46O5/c1-18-10-9-11-19(2)27-21(4)14-24-25(35)13-12-20(3)28(24)33(27,8)29(36)26-30(37)34(39-31(26)38)17-23(6)22(5)16-32(34,7)15-18/h11,14-16,20,23-25,27-28,35-36H,9-10,12-13,17H2,1-8H3/b18-15+,19-11+,29-26-/t20-,23+,24+,25-,27+,28+,32-,33+,34+/m0/s1. The van der Waals surface area contributed by atoms with Crippen molar-refractivity contribution in [2.24, 2.45) is 40.4 Å². The van der Waals surface area contributed by atoms with Crippen molar-refractivity contribution in [3.05, 3.63) is 57.9 Å². The maximum absolute atomic E-state index is 14.6. The van der Waals surface area contributed by atoms with Crippen LogP contribution in [0.5, 0.6) is 0 Å². The van der Waals surface area contributed by atoms with Crippen molar-refractivity contribution in [1.29, 1.82) is 0 Å². The first kappa shape index (κ1) is 28.1. The molecule has 1 aliphatic heterocycles. The molecule has 39 heavy (non-hydrogen) atoms. The molecule has 5 aliphatic rings. The van der Waals surface area contributed by atoms with E-state index in [1.165, 1.54) is 5.57 Å². The van der Waals surface area contributed by atoms with Crippen LogP contribution in [-0.4, -0.2) is 33.7 Å². The number of Topliss-reactive ketones (excluding diaryl/α,β-unsaturated/α-hetero) is 1. The molecular formula is C34H46O5. The first-order valence-corrected chi connectivity index (χ1v) is 14.8. The first-order valence-electron chi connectivity index (χ1n) is 14.8. The number of aliphatic hydroxyl groups excluding tert-OH is 2. The molecule has 1 saturated heterocycles. The second kappa shape index (κ2) is 9.33. The number of carbonyl (C=O) groups is 2. The van der Waals surface area contributed by atoms with Gasteiger partial charge >= 0.3 is 5.97 Å². The van der Waals surface area contributed by atoms with E-state index >= 15 is 0 Å². The average Bonchev–Trinajstić information content (AvgIpc) is 3.09. The molecule has 1 spiro atoms. The fraction of sp³-hybridized carbons (Fsp3) is 0.647. The van der Waals surface area contributed by atoms with E-state index in [1.54, 1.807) is 0 Å². The Balaban J connectivity index is 1.82. The van der Waals surface area contributed by atoms with Gasteiger partial charge in [0.05, 0.1) is 11.5 Å². The molecule has 212 valence electrons. The van der Waals surface area contributed by atoms with Crippen LogP contribution in [0.3, 0.4) is 0 Å². The average molecular weight is 535 g/mol. The van der Waals surface area contributed by atoms with E-state index in [4.69, 9.17) is 4.74 Å². The Morgan fingerprint density at radius 1 is 0.974 bits per heavy atom. The smallest absolute Gasteiger partial charge is 0.346 e. The summed E-state index contributed by atoms with van der Waals surface area (Å²) in [5, 5.41) is 23.5. The van der Waals surface area contributed by atoms with Gasteiger partial charge in [-0.1, -0.05) is 67.4 Å². The van der Waals surface area contributed by atoms with E-state index in [-0.39, 0.29) is 40.9 Å². The highest BCUT2D eigenvalue weighted by Crippen LogP contribution is 2.62. The molecule has 0 aromatic rings. The van der Waals surface area contributed by atoms with Crippen LogP contribution in [0.1, 0.15) is 87.5 Å². The van der Waals surface area contributed by atoms with E-state index in [9.17, 15) is 19.8 Å². The minimum absolute atomic E-state index is 0.0608. The second-order valence-electron chi connectivity index (χ2n) is 13.9. The number of ether oxygens (including phenoxy) is 1. The topological polar surface area (TPSA) is 83.8 Å². The summed E-state index contributed by atoms with van der Waals surface area (Å²) in [5.74, 6) is -1.51. The molecule has 0 aromatic heterocycles. The third kappa shape index (κ3) is 3.89. The summed E-state index contributed by atoms with van der Waals surface area (Å²) in [6.07, 6.45) is 11.7. The molecule has 2 bridgehead atoms. The van der Waals surface area contributed by atoms with Crippen LogP contribution in [0, 0.1) is 40.4 Å². The Morgan fingerprint density at radius 3 is 2.36 bits per heavy atom. The molecule has 1 heterocycles. The fourth-order valence-electron chi connectivity index (χ4n) is 9.27. The highest BCUT2D eigenvalue weighted by molar-refractivity contribution is 6.26. The third-order valence-corrected chi connectivity index (χ3v) is 11.2. The molecule has 5 rings (SSSR count). The molecule has 4 aliphatic carbocycles. The van der Waals surface area contributed by atoms with Gasteiger partial charge in [0, 0.05) is 23.7 Å². The zero-order chi connectivity index (χ0) is 28.7. The molecule has 2 fully saturated rings. The summed E-state index contributed by atoms with van der Waals surface area (Å²) < 4.78 is 6.20. The molecule has 0 unspecified atom stereocenters. The molecular weight excluding hydrogens is 488 g/mol. The fourth-order valence-corrected chi connectivity index (χ4v) is 9.27. The van der Waals surface area contributed by atoms with Crippen LogP contribution in [-0.2, 0) is 14.3 Å². The minimum Gasteiger partial charge on any atom is -0.511 e. The van der Waals surface area contributed by atoms with E-state index < -0.39 is 34.3 Å². The number of carbonyl (C=O) groups excluding carboxylic acids is 2. The monoisotopic (exact) mass is 534 g/mol. The molecule has 0 amide bonds. The van der Waals surface area contributed by atoms with Crippen molar-refractivity contribution in [2.45, 2.75) is 99.2 Å². The molecule has 5 nitrogen and oxygen atoms in total. The van der Waals surface area contributed by atoms with Crippen LogP contribution < -0.4 is 0 Å². The molecule has 1 saturated carbocycles. The lowest BCUT2D eigenvalue weighted by atomic mass is 9.49. The highest BCUT2D eigenvalue weighted by atomic mass is 16.6. The van der Waals surface area contributed by atoms with Gasteiger partial charge in [-0.05, 0) is 78.1 Å². The largest absolute Gasteiger partial charge is 0.511 e. The van der Waals surface area contributed by atoms with Crippen LogP contribution in [0.15, 0.2) is 57.9 Å².